The van der Waals surface area contributed by atoms with E-state index >= 15 is 0 Å². The van der Waals surface area contributed by atoms with E-state index in [1.54, 1.807) is 7.11 Å². The Labute approximate surface area is 103 Å². The number of hydrogen-bond acceptors (Lipinski definition) is 4. The van der Waals surface area contributed by atoms with Crippen LogP contribution in [0.5, 0.6) is 0 Å². The first-order valence-electron chi connectivity index (χ1n) is 6.23. The van der Waals surface area contributed by atoms with Crippen molar-refractivity contribution in [3.05, 3.63) is 0 Å². The number of rotatable bonds is 2. The van der Waals surface area contributed by atoms with Crippen LogP contribution < -0.4 is 5.73 Å². The Morgan fingerprint density at radius 3 is 2.24 bits per heavy atom. The molecule has 0 amide bonds. The van der Waals surface area contributed by atoms with E-state index in [4.69, 9.17) is 15.2 Å². The molecule has 2 rings (SSSR count). The number of esters is 1. The van der Waals surface area contributed by atoms with Gasteiger partial charge in [-0.3, -0.25) is 4.79 Å². The van der Waals surface area contributed by atoms with Gasteiger partial charge < -0.3 is 15.2 Å². The molecule has 0 atom stereocenters. The number of ether oxygens (including phenoxy) is 2. The van der Waals surface area contributed by atoms with Gasteiger partial charge in [-0.1, -0.05) is 0 Å². The van der Waals surface area contributed by atoms with Crippen molar-refractivity contribution in [1.29, 1.82) is 0 Å². The molecule has 0 aromatic carbocycles. The highest BCUT2D eigenvalue weighted by Gasteiger charge is 2.62. The Hall–Kier alpha value is -0.610. The van der Waals surface area contributed by atoms with E-state index in [9.17, 15) is 4.79 Å². The number of carbonyl (C=O) groups excluding carboxylic acids is 1. The molecule has 2 fully saturated rings. The highest BCUT2D eigenvalue weighted by atomic mass is 16.6. The van der Waals surface area contributed by atoms with Crippen molar-refractivity contribution in [1.82, 2.24) is 0 Å². The number of methoxy groups -OCH3 is 1. The molecule has 1 spiro atoms. The topological polar surface area (TPSA) is 61.5 Å². The van der Waals surface area contributed by atoms with Crippen LogP contribution in [0.4, 0.5) is 0 Å². The van der Waals surface area contributed by atoms with Crippen molar-refractivity contribution < 1.29 is 14.3 Å². The van der Waals surface area contributed by atoms with E-state index in [1.807, 2.05) is 20.8 Å². The van der Waals surface area contributed by atoms with Gasteiger partial charge in [-0.2, -0.15) is 0 Å². The van der Waals surface area contributed by atoms with Crippen molar-refractivity contribution in [2.45, 2.75) is 63.7 Å². The van der Waals surface area contributed by atoms with Gasteiger partial charge in [0.1, 0.15) is 11.1 Å². The third-order valence-corrected chi connectivity index (χ3v) is 3.84. The zero-order chi connectivity index (χ0) is 12.9. The molecule has 2 saturated carbocycles. The first-order chi connectivity index (χ1) is 7.68. The summed E-state index contributed by atoms with van der Waals surface area (Å²) in [5.74, 6) is -0.253. The molecule has 0 saturated heterocycles. The normalized spacial score (nSPS) is 40.6. The number of carbonyl (C=O) groups is 1. The van der Waals surface area contributed by atoms with Gasteiger partial charge in [0.25, 0.3) is 0 Å². The average molecular weight is 241 g/mol. The molecule has 0 unspecified atom stereocenters. The summed E-state index contributed by atoms with van der Waals surface area (Å²) in [5, 5.41) is 0. The molecule has 98 valence electrons. The summed E-state index contributed by atoms with van der Waals surface area (Å²) in [6, 6.07) is 0. The quantitative estimate of drug-likeness (QED) is 0.746. The molecule has 17 heavy (non-hydrogen) atoms. The molecule has 0 aromatic heterocycles. The third kappa shape index (κ3) is 2.33. The number of nitrogens with two attached hydrogens (primary N) is 1. The fourth-order valence-corrected chi connectivity index (χ4v) is 3.17. The smallest absolute Gasteiger partial charge is 0.326 e. The van der Waals surface area contributed by atoms with Gasteiger partial charge in [0.2, 0.25) is 0 Å². The van der Waals surface area contributed by atoms with Crippen LogP contribution in [0, 0.1) is 5.41 Å². The van der Waals surface area contributed by atoms with Gasteiger partial charge in [0.05, 0.1) is 6.10 Å². The van der Waals surface area contributed by atoms with E-state index < -0.39 is 11.1 Å². The zero-order valence-corrected chi connectivity index (χ0v) is 11.2. The fourth-order valence-electron chi connectivity index (χ4n) is 3.17. The maximum Gasteiger partial charge on any atom is 0.326 e. The fraction of sp³-hybridized carbons (Fsp3) is 0.923. The Morgan fingerprint density at radius 1 is 1.29 bits per heavy atom. The predicted molar refractivity (Wildman–Crippen MR) is 64.5 cm³/mol. The molecule has 2 N–H and O–H groups in total. The van der Waals surface area contributed by atoms with E-state index in [0.717, 1.165) is 25.7 Å². The second-order valence-electron chi connectivity index (χ2n) is 6.78. The first-order valence-corrected chi connectivity index (χ1v) is 6.23. The lowest BCUT2D eigenvalue weighted by atomic mass is 9.48. The van der Waals surface area contributed by atoms with Crippen LogP contribution in [0.1, 0.15) is 46.5 Å². The lowest BCUT2D eigenvalue weighted by molar-refractivity contribution is -0.186. The summed E-state index contributed by atoms with van der Waals surface area (Å²) in [5.41, 5.74) is 5.15. The first kappa shape index (κ1) is 12.8. The van der Waals surface area contributed by atoms with Gasteiger partial charge in [0.15, 0.2) is 0 Å². The van der Waals surface area contributed by atoms with E-state index in [1.165, 1.54) is 0 Å². The van der Waals surface area contributed by atoms with Crippen LogP contribution in [0.15, 0.2) is 0 Å². The van der Waals surface area contributed by atoms with E-state index in [2.05, 4.69) is 0 Å². The Balaban J connectivity index is 1.87. The standard InChI is InChI=1S/C13H23NO3/c1-11(2,3)17-10(15)13(14)7-12(8-13)5-9(6-12)16-4/h9H,5-8,14H2,1-4H3. The van der Waals surface area contributed by atoms with Gasteiger partial charge in [-0.05, 0) is 51.9 Å². The summed E-state index contributed by atoms with van der Waals surface area (Å²) >= 11 is 0. The minimum absolute atomic E-state index is 0.253. The lowest BCUT2D eigenvalue weighted by Gasteiger charge is -2.60. The molecule has 0 aromatic rings. The van der Waals surface area contributed by atoms with Crippen LogP contribution in [-0.4, -0.2) is 30.3 Å². The molecule has 2 aliphatic rings. The van der Waals surface area contributed by atoms with Crippen LogP contribution in [0.2, 0.25) is 0 Å². The van der Waals surface area contributed by atoms with E-state index in [-0.39, 0.29) is 11.4 Å². The molecule has 0 bridgehead atoms. The Kier molecular flexibility index (Phi) is 2.79. The maximum absolute atomic E-state index is 12.0. The summed E-state index contributed by atoms with van der Waals surface area (Å²) in [4.78, 5) is 12.0. The molecule has 0 heterocycles. The van der Waals surface area contributed by atoms with Crippen molar-refractivity contribution in [2.75, 3.05) is 7.11 Å². The SMILES string of the molecule is COC1CC2(C1)CC(N)(C(=O)OC(C)(C)C)C2. The third-order valence-electron chi connectivity index (χ3n) is 3.84. The minimum atomic E-state index is -0.758. The second-order valence-corrected chi connectivity index (χ2v) is 6.78. The Bertz CT molecular complexity index is 318. The molecule has 2 aliphatic carbocycles. The van der Waals surface area contributed by atoms with Crippen LogP contribution >= 0.6 is 0 Å². The average Bonchev–Trinajstić information content (AvgIpc) is 2.05. The largest absolute Gasteiger partial charge is 0.459 e. The van der Waals surface area contributed by atoms with Crippen LogP contribution in [0.25, 0.3) is 0 Å². The highest BCUT2D eigenvalue weighted by molar-refractivity contribution is 5.82. The van der Waals surface area contributed by atoms with Gasteiger partial charge in [-0.15, -0.1) is 0 Å². The molecular weight excluding hydrogens is 218 g/mol. The summed E-state index contributed by atoms with van der Waals surface area (Å²) in [6.07, 6.45) is 3.92. The van der Waals surface area contributed by atoms with Crippen molar-refractivity contribution >= 4 is 5.97 Å². The lowest BCUT2D eigenvalue weighted by Crippen LogP contribution is -2.68. The van der Waals surface area contributed by atoms with Crippen LogP contribution in [-0.2, 0) is 14.3 Å². The predicted octanol–water partition coefficient (Wildman–Crippen LogP) is 1.61. The van der Waals surface area contributed by atoms with Crippen molar-refractivity contribution in [3.8, 4) is 0 Å². The van der Waals surface area contributed by atoms with Gasteiger partial charge >= 0.3 is 5.97 Å². The van der Waals surface area contributed by atoms with Crippen molar-refractivity contribution in [2.24, 2.45) is 11.1 Å². The highest BCUT2D eigenvalue weighted by Crippen LogP contribution is 2.60. The zero-order valence-electron chi connectivity index (χ0n) is 11.2. The van der Waals surface area contributed by atoms with Gasteiger partial charge in [0, 0.05) is 7.11 Å². The van der Waals surface area contributed by atoms with Crippen LogP contribution in [0.3, 0.4) is 0 Å². The van der Waals surface area contributed by atoms with Crippen molar-refractivity contribution in [3.63, 3.8) is 0 Å². The van der Waals surface area contributed by atoms with E-state index in [0.29, 0.717) is 6.10 Å². The molecule has 4 nitrogen and oxygen atoms in total. The molecule has 4 heteroatoms. The number of hydrogen-bond donors (Lipinski definition) is 1. The summed E-state index contributed by atoms with van der Waals surface area (Å²) < 4.78 is 10.6. The molecule has 0 aliphatic heterocycles. The maximum atomic E-state index is 12.0. The summed E-state index contributed by atoms with van der Waals surface area (Å²) in [7, 11) is 1.74. The van der Waals surface area contributed by atoms with Gasteiger partial charge in [-0.25, -0.2) is 0 Å². The minimum Gasteiger partial charge on any atom is -0.459 e. The monoisotopic (exact) mass is 241 g/mol. The molecule has 0 radical (unpaired) electrons. The Morgan fingerprint density at radius 2 is 1.82 bits per heavy atom. The summed E-state index contributed by atoms with van der Waals surface area (Å²) in [6.45, 7) is 5.60. The molecular formula is C13H23NO3. The second kappa shape index (κ2) is 3.69.